The van der Waals surface area contributed by atoms with Crippen molar-refractivity contribution in [3.63, 3.8) is 0 Å². The molecule has 0 spiro atoms. The molecular weight excluding hydrogens is 248 g/mol. The van der Waals surface area contributed by atoms with Gasteiger partial charge >= 0.3 is 0 Å². The van der Waals surface area contributed by atoms with Crippen molar-refractivity contribution in [3.8, 4) is 0 Å². The molecule has 0 aromatic rings. The van der Waals surface area contributed by atoms with E-state index < -0.39 is 8.32 Å². The summed E-state index contributed by atoms with van der Waals surface area (Å²) >= 11 is 0. The first-order chi connectivity index (χ1) is 8.81. The van der Waals surface area contributed by atoms with Gasteiger partial charge in [-0.15, -0.1) is 0 Å². The number of hydrogen-bond acceptors (Lipinski definition) is 1. The van der Waals surface area contributed by atoms with Crippen molar-refractivity contribution in [1.82, 2.24) is 0 Å². The Morgan fingerprint density at radius 2 is 1.42 bits per heavy atom. The van der Waals surface area contributed by atoms with E-state index in [1.807, 2.05) is 6.26 Å². The van der Waals surface area contributed by atoms with Crippen LogP contribution in [0.15, 0.2) is 12.3 Å². The molecule has 0 aliphatic carbocycles. The molecule has 0 N–H and O–H groups in total. The van der Waals surface area contributed by atoms with Crippen molar-refractivity contribution in [2.45, 2.75) is 97.2 Å². The minimum absolute atomic E-state index is 0.302. The summed E-state index contributed by atoms with van der Waals surface area (Å²) in [6, 6.07) is 0. The molecule has 0 unspecified atom stereocenters. The molecule has 0 aliphatic heterocycles. The molecule has 114 valence electrons. The largest absolute Gasteiger partial charge is 0.549 e. The van der Waals surface area contributed by atoms with Crippen LogP contribution in [0.3, 0.4) is 0 Å². The van der Waals surface area contributed by atoms with Crippen LogP contribution in [0.5, 0.6) is 0 Å². The van der Waals surface area contributed by atoms with Crippen molar-refractivity contribution in [3.05, 3.63) is 12.3 Å². The predicted octanol–water partition coefficient (Wildman–Crippen LogP) is 6.66. The van der Waals surface area contributed by atoms with Crippen molar-refractivity contribution >= 4 is 8.32 Å². The minimum atomic E-state index is -1.58. The molecule has 19 heavy (non-hydrogen) atoms. The van der Waals surface area contributed by atoms with E-state index in [2.05, 4.69) is 46.9 Å². The average Bonchev–Trinajstić information content (AvgIpc) is 2.30. The average molecular weight is 285 g/mol. The highest BCUT2D eigenvalue weighted by atomic mass is 28.4. The van der Waals surface area contributed by atoms with Gasteiger partial charge in [-0.3, -0.25) is 0 Å². The van der Waals surface area contributed by atoms with Crippen LogP contribution >= 0.6 is 0 Å². The third-order valence-corrected chi connectivity index (χ3v) is 8.58. The van der Waals surface area contributed by atoms with Gasteiger partial charge in [0.15, 0.2) is 0 Å². The Labute approximate surface area is 123 Å². The Kier molecular flexibility index (Phi) is 9.50. The second-order valence-corrected chi connectivity index (χ2v) is 11.9. The van der Waals surface area contributed by atoms with Crippen LogP contribution in [-0.4, -0.2) is 8.32 Å². The molecule has 1 nitrogen and oxygen atoms in total. The van der Waals surface area contributed by atoms with Crippen LogP contribution in [0.25, 0.3) is 0 Å². The zero-order valence-electron chi connectivity index (χ0n) is 14.2. The second-order valence-electron chi connectivity index (χ2n) is 7.16. The minimum Gasteiger partial charge on any atom is -0.549 e. The van der Waals surface area contributed by atoms with Crippen LogP contribution in [0.1, 0.15) is 79.1 Å². The molecule has 0 aliphatic rings. The topological polar surface area (TPSA) is 9.23 Å². The third-order valence-electron chi connectivity index (χ3n) is 4.24. The number of rotatable bonds is 10. The van der Waals surface area contributed by atoms with E-state index in [9.17, 15) is 0 Å². The maximum atomic E-state index is 6.01. The van der Waals surface area contributed by atoms with Gasteiger partial charge in [0.25, 0.3) is 0 Å². The van der Waals surface area contributed by atoms with E-state index >= 15 is 0 Å². The second kappa shape index (κ2) is 9.63. The maximum absolute atomic E-state index is 6.01. The Hall–Kier alpha value is -0.243. The molecule has 0 heterocycles. The molecule has 0 amide bonds. The summed E-state index contributed by atoms with van der Waals surface area (Å²) in [5.41, 5.74) is 0. The van der Waals surface area contributed by atoms with Crippen molar-refractivity contribution < 1.29 is 4.43 Å². The smallest absolute Gasteiger partial charge is 0.249 e. The fraction of sp³-hybridized carbons (Fsp3) is 0.882. The predicted molar refractivity (Wildman–Crippen MR) is 90.0 cm³/mol. The molecule has 0 saturated carbocycles. The summed E-state index contributed by atoms with van der Waals surface area (Å²) in [5, 5.41) is 0.302. The molecule has 0 bridgehead atoms. The van der Waals surface area contributed by atoms with E-state index in [1.54, 1.807) is 0 Å². The summed E-state index contributed by atoms with van der Waals surface area (Å²) in [6.07, 6.45) is 15.0. The summed E-state index contributed by atoms with van der Waals surface area (Å²) in [7, 11) is -1.58. The Morgan fingerprint density at radius 3 is 1.95 bits per heavy atom. The Morgan fingerprint density at radius 1 is 0.895 bits per heavy atom. The lowest BCUT2D eigenvalue weighted by Gasteiger charge is -2.34. The summed E-state index contributed by atoms with van der Waals surface area (Å²) in [6.45, 7) is 13.7. The van der Waals surface area contributed by atoms with Crippen LogP contribution in [0, 0.1) is 0 Å². The summed E-state index contributed by atoms with van der Waals surface area (Å²) in [4.78, 5) is 0. The molecule has 0 aromatic carbocycles. The quantitative estimate of drug-likeness (QED) is 0.247. The van der Waals surface area contributed by atoms with Gasteiger partial charge in [0.2, 0.25) is 8.32 Å². The number of allylic oxidation sites excluding steroid dienone is 1. The van der Waals surface area contributed by atoms with Crippen molar-refractivity contribution in [1.29, 1.82) is 0 Å². The van der Waals surface area contributed by atoms with Crippen LogP contribution in [0.4, 0.5) is 0 Å². The van der Waals surface area contributed by atoms with Gasteiger partial charge in [-0.25, -0.2) is 0 Å². The Bertz CT molecular complexity index is 238. The first kappa shape index (κ1) is 18.8. The zero-order valence-corrected chi connectivity index (χ0v) is 15.2. The molecule has 0 fully saturated rings. The van der Waals surface area contributed by atoms with E-state index in [4.69, 9.17) is 4.43 Å². The summed E-state index contributed by atoms with van der Waals surface area (Å²) < 4.78 is 6.01. The Balaban J connectivity index is 3.55. The lowest BCUT2D eigenvalue weighted by molar-refractivity contribution is 0.427. The molecular formula is C17H36OSi. The van der Waals surface area contributed by atoms with Crippen molar-refractivity contribution in [2.24, 2.45) is 0 Å². The SMILES string of the molecule is CCCCCCCCCC=CO[Si](C)(C)C(C)(C)C. The fourth-order valence-electron chi connectivity index (χ4n) is 1.68. The molecule has 2 heteroatoms. The number of unbranched alkanes of at least 4 members (excludes halogenated alkanes) is 7. The highest BCUT2D eigenvalue weighted by Gasteiger charge is 2.37. The highest BCUT2D eigenvalue weighted by molar-refractivity contribution is 6.74. The lowest BCUT2D eigenvalue weighted by Crippen LogP contribution is -2.39. The van der Waals surface area contributed by atoms with Gasteiger partial charge in [-0.2, -0.15) is 0 Å². The third kappa shape index (κ3) is 9.31. The monoisotopic (exact) mass is 284 g/mol. The van der Waals surface area contributed by atoms with E-state index in [0.29, 0.717) is 5.04 Å². The van der Waals surface area contributed by atoms with Gasteiger partial charge < -0.3 is 4.43 Å². The lowest BCUT2D eigenvalue weighted by atomic mass is 10.1. The van der Waals surface area contributed by atoms with E-state index in [1.165, 1.54) is 51.4 Å². The fourth-order valence-corrected chi connectivity index (χ4v) is 2.47. The maximum Gasteiger partial charge on any atom is 0.249 e. The standard InChI is InChI=1S/C17H36OSi/c1-7-8-9-10-11-12-13-14-15-16-18-19(5,6)17(2,3)4/h15-16H,7-14H2,1-6H3. The zero-order chi connectivity index (χ0) is 14.8. The van der Waals surface area contributed by atoms with Gasteiger partial charge in [-0.05, 0) is 31.0 Å². The summed E-state index contributed by atoms with van der Waals surface area (Å²) in [5.74, 6) is 0. The van der Waals surface area contributed by atoms with E-state index in [-0.39, 0.29) is 0 Å². The van der Waals surface area contributed by atoms with Gasteiger partial charge in [0, 0.05) is 0 Å². The van der Waals surface area contributed by atoms with Gasteiger partial charge in [-0.1, -0.05) is 72.3 Å². The number of hydrogen-bond donors (Lipinski definition) is 0. The van der Waals surface area contributed by atoms with Gasteiger partial charge in [0.05, 0.1) is 6.26 Å². The van der Waals surface area contributed by atoms with Crippen LogP contribution in [-0.2, 0) is 4.43 Å². The van der Waals surface area contributed by atoms with E-state index in [0.717, 1.165) is 0 Å². The molecule has 0 radical (unpaired) electrons. The first-order valence-corrected chi connectivity index (χ1v) is 11.0. The molecule has 0 saturated heterocycles. The van der Waals surface area contributed by atoms with Crippen LogP contribution in [0.2, 0.25) is 18.1 Å². The van der Waals surface area contributed by atoms with Crippen molar-refractivity contribution in [2.75, 3.05) is 0 Å². The molecule has 0 rings (SSSR count). The normalized spacial score (nSPS) is 13.2. The highest BCUT2D eigenvalue weighted by Crippen LogP contribution is 2.36. The molecule has 0 atom stereocenters. The van der Waals surface area contributed by atoms with Crippen LogP contribution < -0.4 is 0 Å². The first-order valence-electron chi connectivity index (χ1n) is 8.14. The van der Waals surface area contributed by atoms with Gasteiger partial charge in [0.1, 0.15) is 0 Å². The molecule has 0 aromatic heterocycles.